The van der Waals surface area contributed by atoms with Crippen molar-refractivity contribution in [3.63, 3.8) is 0 Å². The van der Waals surface area contributed by atoms with E-state index in [1.165, 1.54) is 6.42 Å². The monoisotopic (exact) mass is 370 g/mol. The fourth-order valence-electron chi connectivity index (χ4n) is 4.05. The molecule has 1 amide bonds. The molecule has 1 aliphatic carbocycles. The summed E-state index contributed by atoms with van der Waals surface area (Å²) < 4.78 is 0. The number of anilines is 1. The first kappa shape index (κ1) is 17.5. The van der Waals surface area contributed by atoms with Gasteiger partial charge in [-0.1, -0.05) is 29.8 Å². The Balaban J connectivity index is 1.44. The Labute approximate surface area is 158 Å². The third-order valence-corrected chi connectivity index (χ3v) is 5.90. The van der Waals surface area contributed by atoms with Gasteiger partial charge in [0.2, 0.25) is 5.91 Å². The predicted octanol–water partition coefficient (Wildman–Crippen LogP) is 3.89. The SMILES string of the molecule is Cc1ccc(Cl)cc1CC(=O)Nc1cccc([C@]2(O)CC3(CCC3)N2)c1. The molecule has 4 rings (SSSR count). The van der Waals surface area contributed by atoms with Crippen LogP contribution in [-0.4, -0.2) is 16.6 Å². The molecular formula is C21H23ClN2O2. The predicted molar refractivity (Wildman–Crippen MR) is 103 cm³/mol. The summed E-state index contributed by atoms with van der Waals surface area (Å²) in [6.45, 7) is 1.97. The van der Waals surface area contributed by atoms with Gasteiger partial charge in [0.25, 0.3) is 0 Å². The minimum atomic E-state index is -0.981. The van der Waals surface area contributed by atoms with Crippen LogP contribution in [0.5, 0.6) is 0 Å². The number of hydrogen-bond donors (Lipinski definition) is 3. The van der Waals surface area contributed by atoms with Crippen molar-refractivity contribution in [2.24, 2.45) is 0 Å². The highest BCUT2D eigenvalue weighted by Gasteiger charge is 2.56. The molecule has 0 unspecified atom stereocenters. The Kier molecular flexibility index (Phi) is 4.30. The van der Waals surface area contributed by atoms with Gasteiger partial charge >= 0.3 is 0 Å². The van der Waals surface area contributed by atoms with Gasteiger partial charge in [0.1, 0.15) is 5.72 Å². The molecule has 1 saturated carbocycles. The average Bonchev–Trinajstić information content (AvgIpc) is 2.54. The summed E-state index contributed by atoms with van der Waals surface area (Å²) >= 11 is 6.03. The fraction of sp³-hybridized carbons (Fsp3) is 0.381. The van der Waals surface area contributed by atoms with Crippen LogP contribution in [0, 0.1) is 6.92 Å². The topological polar surface area (TPSA) is 61.4 Å². The number of nitrogens with one attached hydrogen (secondary N) is 2. The molecule has 2 fully saturated rings. The van der Waals surface area contributed by atoms with Gasteiger partial charge in [0.05, 0.1) is 6.42 Å². The first-order chi connectivity index (χ1) is 12.4. The van der Waals surface area contributed by atoms with Crippen molar-refractivity contribution in [3.8, 4) is 0 Å². The number of halogens is 1. The minimum Gasteiger partial charge on any atom is -0.371 e. The second kappa shape index (κ2) is 6.38. The van der Waals surface area contributed by atoms with Crippen LogP contribution in [0.1, 0.15) is 42.4 Å². The van der Waals surface area contributed by atoms with E-state index in [-0.39, 0.29) is 17.9 Å². The van der Waals surface area contributed by atoms with Crippen molar-refractivity contribution in [1.82, 2.24) is 5.32 Å². The molecule has 2 aromatic rings. The molecule has 26 heavy (non-hydrogen) atoms. The Bertz CT molecular complexity index is 853. The number of hydrogen-bond acceptors (Lipinski definition) is 3. The van der Waals surface area contributed by atoms with E-state index in [1.807, 2.05) is 49.4 Å². The molecule has 136 valence electrons. The molecule has 4 nitrogen and oxygen atoms in total. The van der Waals surface area contributed by atoms with Crippen LogP contribution in [0.15, 0.2) is 42.5 Å². The molecule has 2 aliphatic rings. The summed E-state index contributed by atoms with van der Waals surface area (Å²) in [6, 6.07) is 13.0. The van der Waals surface area contributed by atoms with E-state index in [4.69, 9.17) is 11.6 Å². The highest BCUT2D eigenvalue weighted by molar-refractivity contribution is 6.30. The summed E-state index contributed by atoms with van der Waals surface area (Å²) in [5.74, 6) is -0.100. The van der Waals surface area contributed by atoms with Crippen LogP contribution >= 0.6 is 11.6 Å². The zero-order valence-corrected chi connectivity index (χ0v) is 15.6. The van der Waals surface area contributed by atoms with Crippen molar-refractivity contribution >= 4 is 23.2 Å². The minimum absolute atomic E-state index is 0.100. The molecule has 5 heteroatoms. The van der Waals surface area contributed by atoms with Crippen molar-refractivity contribution in [2.75, 3.05) is 5.32 Å². The van der Waals surface area contributed by atoms with Crippen LogP contribution in [0.25, 0.3) is 0 Å². The fourth-order valence-corrected chi connectivity index (χ4v) is 4.25. The number of rotatable bonds is 4. The lowest BCUT2D eigenvalue weighted by molar-refractivity contribution is -0.161. The third-order valence-electron chi connectivity index (χ3n) is 5.66. The zero-order chi connectivity index (χ0) is 18.4. The molecule has 1 heterocycles. The number of aliphatic hydroxyl groups is 1. The molecule has 1 atom stereocenters. The molecule has 0 aromatic heterocycles. The van der Waals surface area contributed by atoms with Crippen LogP contribution < -0.4 is 10.6 Å². The van der Waals surface area contributed by atoms with Crippen molar-refractivity contribution < 1.29 is 9.90 Å². The van der Waals surface area contributed by atoms with Gasteiger partial charge < -0.3 is 10.4 Å². The average molecular weight is 371 g/mol. The Hall–Kier alpha value is -1.88. The van der Waals surface area contributed by atoms with Crippen LogP contribution in [0.3, 0.4) is 0 Å². The quantitative estimate of drug-likeness (QED) is 0.765. The zero-order valence-electron chi connectivity index (χ0n) is 14.8. The Morgan fingerprint density at radius 1 is 1.27 bits per heavy atom. The van der Waals surface area contributed by atoms with Gasteiger partial charge in [0, 0.05) is 28.2 Å². The van der Waals surface area contributed by atoms with E-state index in [0.29, 0.717) is 10.7 Å². The molecule has 1 aliphatic heterocycles. The lowest BCUT2D eigenvalue weighted by Crippen LogP contribution is -2.72. The van der Waals surface area contributed by atoms with E-state index < -0.39 is 5.72 Å². The second-order valence-corrected chi connectivity index (χ2v) is 8.11. The van der Waals surface area contributed by atoms with Crippen molar-refractivity contribution in [1.29, 1.82) is 0 Å². The summed E-state index contributed by atoms with van der Waals surface area (Å²) in [5.41, 5.74) is 2.60. The molecule has 0 bridgehead atoms. The normalized spacial score (nSPS) is 23.2. The third kappa shape index (κ3) is 3.25. The number of carbonyl (C=O) groups is 1. The largest absolute Gasteiger partial charge is 0.371 e. The molecule has 0 radical (unpaired) electrons. The lowest BCUT2D eigenvalue weighted by atomic mass is 9.63. The van der Waals surface area contributed by atoms with E-state index in [9.17, 15) is 9.90 Å². The smallest absolute Gasteiger partial charge is 0.228 e. The van der Waals surface area contributed by atoms with Crippen molar-refractivity contribution in [3.05, 3.63) is 64.2 Å². The summed E-state index contributed by atoms with van der Waals surface area (Å²) in [4.78, 5) is 12.4. The number of carbonyl (C=O) groups excluding carboxylic acids is 1. The number of aryl methyl sites for hydroxylation is 1. The second-order valence-electron chi connectivity index (χ2n) is 7.67. The number of amides is 1. The standard InChI is InChI=1S/C21H23ClN2O2/c1-14-6-7-17(22)10-15(14)11-19(25)23-18-5-2-4-16(12-18)21(26)13-20(24-21)8-3-9-20/h2,4-7,10,12,24,26H,3,8-9,11,13H2,1H3,(H,23,25)/t21-/m1/s1. The van der Waals surface area contributed by atoms with Crippen molar-refractivity contribution in [2.45, 2.75) is 50.3 Å². The van der Waals surface area contributed by atoms with Crippen LogP contribution in [0.2, 0.25) is 5.02 Å². The summed E-state index contributed by atoms with van der Waals surface area (Å²) in [7, 11) is 0. The van der Waals surface area contributed by atoms with Gasteiger partial charge in [-0.05, 0) is 61.6 Å². The Morgan fingerprint density at radius 2 is 2.04 bits per heavy atom. The van der Waals surface area contributed by atoms with Crippen LogP contribution in [-0.2, 0) is 16.9 Å². The molecule has 1 spiro atoms. The van der Waals surface area contributed by atoms with Gasteiger partial charge in [-0.2, -0.15) is 0 Å². The van der Waals surface area contributed by atoms with E-state index in [2.05, 4.69) is 10.6 Å². The first-order valence-corrected chi connectivity index (χ1v) is 9.43. The molecule has 2 aromatic carbocycles. The van der Waals surface area contributed by atoms with Gasteiger partial charge in [-0.25, -0.2) is 0 Å². The van der Waals surface area contributed by atoms with E-state index >= 15 is 0 Å². The van der Waals surface area contributed by atoms with Gasteiger partial charge in [-0.3, -0.25) is 10.1 Å². The Morgan fingerprint density at radius 3 is 2.73 bits per heavy atom. The van der Waals surface area contributed by atoms with E-state index in [1.54, 1.807) is 0 Å². The highest BCUT2D eigenvalue weighted by atomic mass is 35.5. The summed E-state index contributed by atoms with van der Waals surface area (Å²) in [5, 5.41) is 17.7. The van der Waals surface area contributed by atoms with Crippen LogP contribution in [0.4, 0.5) is 5.69 Å². The van der Waals surface area contributed by atoms with E-state index in [0.717, 1.165) is 36.0 Å². The lowest BCUT2D eigenvalue weighted by Gasteiger charge is -2.60. The molecule has 1 saturated heterocycles. The molecule has 3 N–H and O–H groups in total. The maximum Gasteiger partial charge on any atom is 0.228 e. The first-order valence-electron chi connectivity index (χ1n) is 9.05. The maximum absolute atomic E-state index is 12.4. The number of benzene rings is 2. The maximum atomic E-state index is 12.4. The van der Waals surface area contributed by atoms with Gasteiger partial charge in [-0.15, -0.1) is 0 Å². The highest BCUT2D eigenvalue weighted by Crippen LogP contribution is 2.50. The van der Waals surface area contributed by atoms with Gasteiger partial charge in [0.15, 0.2) is 0 Å². The molecular weight excluding hydrogens is 348 g/mol. The summed E-state index contributed by atoms with van der Waals surface area (Å²) in [6.07, 6.45) is 4.49.